The minimum atomic E-state index is -1.55. The average molecular weight is 417 g/mol. The van der Waals surface area contributed by atoms with Gasteiger partial charge in [-0.25, -0.2) is 0 Å². The van der Waals surface area contributed by atoms with Crippen molar-refractivity contribution in [1.82, 2.24) is 3.26 Å². The maximum Gasteiger partial charge on any atom is -0.147 e. The number of rotatable bonds is 5. The number of allylic oxidation sites excluding steroid dienone is 4. The average Bonchev–Trinajstić information content (AvgIpc) is 2.51. The second-order valence-electron chi connectivity index (χ2n) is 6.09. The van der Waals surface area contributed by atoms with Gasteiger partial charge in [-0.05, 0) is 0 Å². The van der Waals surface area contributed by atoms with Crippen LogP contribution in [0.3, 0.4) is 0 Å². The first-order chi connectivity index (χ1) is 8.31. The predicted molar refractivity (Wildman–Crippen MR) is 96.5 cm³/mol. The summed E-state index contributed by atoms with van der Waals surface area (Å²) in [6.45, 7) is 19.2. The Morgan fingerprint density at radius 2 is 1.65 bits per heavy atom. The Morgan fingerprint density at radius 3 is 1.95 bits per heavy atom. The molecule has 1 nitrogen and oxygen atoms in total. The second-order valence-corrected chi connectivity index (χ2v) is 24.4. The van der Waals surface area contributed by atoms with E-state index in [9.17, 15) is 0 Å². The summed E-state index contributed by atoms with van der Waals surface area (Å²) in [5, 5.41) is 0. The summed E-state index contributed by atoms with van der Waals surface area (Å²) in [6.07, 6.45) is 1.26. The number of halogens is 2. The molecule has 0 bridgehead atoms. The van der Waals surface area contributed by atoms with Crippen molar-refractivity contribution < 1.29 is 21.2 Å². The summed E-state index contributed by atoms with van der Waals surface area (Å²) < 4.78 is 5.97. The van der Waals surface area contributed by atoms with Gasteiger partial charge < -0.3 is 0 Å². The van der Waals surface area contributed by atoms with Gasteiger partial charge >= 0.3 is 123 Å². The van der Waals surface area contributed by atoms with E-state index >= 15 is 0 Å². The van der Waals surface area contributed by atoms with Crippen molar-refractivity contribution >= 4 is 30.7 Å². The van der Waals surface area contributed by atoms with Crippen LogP contribution in [0.2, 0.25) is 13.1 Å². The Labute approximate surface area is 147 Å². The monoisotopic (exact) mass is 414 g/mol. The second kappa shape index (κ2) is 10.0. The largest absolute Gasteiger partial charge is 0.147 e. The van der Waals surface area contributed by atoms with Gasteiger partial charge in [0, 0.05) is 0 Å². The summed E-state index contributed by atoms with van der Waals surface area (Å²) >= 11 is -1.55. The Balaban J connectivity index is 0. The summed E-state index contributed by atoms with van der Waals surface area (Å²) in [5.74, 6) is 0.188. The molecular weight excluding hydrogens is 384 g/mol. The van der Waals surface area contributed by atoms with E-state index < -0.39 is 27.1 Å². The van der Waals surface area contributed by atoms with E-state index in [1.165, 1.54) is 6.42 Å². The van der Waals surface area contributed by atoms with Crippen LogP contribution in [0.5, 0.6) is 0 Å². The quantitative estimate of drug-likeness (QED) is 0.622. The first kappa shape index (κ1) is 23.4. The van der Waals surface area contributed by atoms with Crippen LogP contribution in [0.4, 0.5) is 0 Å². The maximum atomic E-state index is 4.08. The van der Waals surface area contributed by atoms with Gasteiger partial charge in [0.25, 0.3) is 0 Å². The third kappa shape index (κ3) is 5.09. The van der Waals surface area contributed by atoms with Gasteiger partial charge in [0.05, 0.1) is 0 Å². The van der Waals surface area contributed by atoms with E-state index in [1.54, 1.807) is 16.7 Å². The Hall–Kier alpha value is 1.12. The fraction of sp³-hybridized carbons (Fsp3) is 0.733. The zero-order valence-electron chi connectivity index (χ0n) is 14.3. The van der Waals surface area contributed by atoms with Crippen molar-refractivity contribution in [1.29, 1.82) is 0 Å². The minimum absolute atomic E-state index is 0. The molecule has 119 valence electrons. The van der Waals surface area contributed by atoms with Crippen LogP contribution >= 0.6 is 24.8 Å². The molecule has 20 heavy (non-hydrogen) atoms. The third-order valence-electron chi connectivity index (χ3n) is 4.52. The first-order valence-corrected chi connectivity index (χ1v) is 16.9. The van der Waals surface area contributed by atoms with Crippen molar-refractivity contribution in [3.8, 4) is 0 Å². The zero-order valence-corrected chi connectivity index (χ0v) is 19.5. The molecule has 0 heterocycles. The van der Waals surface area contributed by atoms with Crippen LogP contribution in [0.15, 0.2) is 20.0 Å². The minimum Gasteiger partial charge on any atom is -0.147 e. The smallest absolute Gasteiger partial charge is 0.147 e. The van der Waals surface area contributed by atoms with Crippen LogP contribution in [0.1, 0.15) is 48.0 Å². The van der Waals surface area contributed by atoms with Gasteiger partial charge in [0.1, 0.15) is 0 Å². The molecule has 1 aliphatic carbocycles. The topological polar surface area (TPSA) is 12.0 Å². The van der Waals surface area contributed by atoms with E-state index in [0.29, 0.717) is 6.04 Å². The van der Waals surface area contributed by atoms with Crippen molar-refractivity contribution in [2.24, 2.45) is 5.92 Å². The molecule has 1 aliphatic rings. The maximum absolute atomic E-state index is 4.08. The molecule has 0 aromatic heterocycles. The summed E-state index contributed by atoms with van der Waals surface area (Å²) in [6, 6.07) is 0.711. The molecule has 0 radical (unpaired) electrons. The summed E-state index contributed by atoms with van der Waals surface area (Å²) in [4.78, 5) is 0. The molecule has 1 rings (SSSR count). The molecule has 0 saturated heterocycles. The van der Waals surface area contributed by atoms with E-state index in [2.05, 4.69) is 57.9 Å². The molecule has 0 aliphatic heterocycles. The van der Waals surface area contributed by atoms with Gasteiger partial charge in [-0.1, -0.05) is 0 Å². The molecule has 0 aromatic rings. The zero-order chi connectivity index (χ0) is 14.0. The Morgan fingerprint density at radius 1 is 1.15 bits per heavy atom. The number of nitrogens with one attached hydrogen (secondary N) is 1. The van der Waals surface area contributed by atoms with Crippen molar-refractivity contribution in [2.75, 3.05) is 0 Å². The standard InChI is InChI=1S/C9H13.C4H10N.C2H7Si.2ClH.Zr/c1-6-5-7(2)9(4)8(6)3;1-3-4(2)5;1-3-2;;;/h6H,1-4H3;4-5H,3H2,1-2H3;3H,1-2H3;2*1H;/q;-1;;;;+1. The van der Waals surface area contributed by atoms with Crippen LogP contribution in [0.25, 0.3) is 0 Å². The van der Waals surface area contributed by atoms with E-state index in [1.807, 2.05) is 3.28 Å². The molecule has 0 saturated carbocycles. The predicted octanol–water partition coefficient (Wildman–Crippen LogP) is 4.99. The molecule has 0 amide bonds. The van der Waals surface area contributed by atoms with E-state index in [4.69, 9.17) is 0 Å². The molecular formula is C15H32Cl2NSiZr. The molecule has 0 fully saturated rings. The molecule has 2 unspecified atom stereocenters. The Bertz CT molecular complexity index is 380. The molecule has 2 atom stereocenters. The van der Waals surface area contributed by atoms with Crippen LogP contribution in [-0.4, -0.2) is 12.0 Å². The van der Waals surface area contributed by atoms with Crippen LogP contribution < -0.4 is 3.26 Å². The van der Waals surface area contributed by atoms with E-state index in [0.717, 1.165) is 5.92 Å². The van der Waals surface area contributed by atoms with Crippen LogP contribution in [0, 0.1) is 5.92 Å². The van der Waals surface area contributed by atoms with Crippen molar-refractivity contribution in [3.63, 3.8) is 0 Å². The molecule has 5 heteroatoms. The molecule has 0 spiro atoms. The summed E-state index contributed by atoms with van der Waals surface area (Å²) in [5.41, 5.74) is 4.85. The SMILES string of the molecule is CCC(C)[NH][Zr]([C]1=C(C)C(C)=C(C)C1C)[SiH](C)C.Cl.Cl. The van der Waals surface area contributed by atoms with Gasteiger partial charge in [0.15, 0.2) is 0 Å². The van der Waals surface area contributed by atoms with Gasteiger partial charge in [0.2, 0.25) is 0 Å². The normalized spacial score (nSPS) is 19.9. The van der Waals surface area contributed by atoms with Crippen LogP contribution in [-0.2, 0) is 21.2 Å². The van der Waals surface area contributed by atoms with Gasteiger partial charge in [-0.2, -0.15) is 0 Å². The first-order valence-electron chi connectivity index (χ1n) is 7.33. The molecule has 1 N–H and O–H groups in total. The van der Waals surface area contributed by atoms with E-state index in [-0.39, 0.29) is 24.8 Å². The van der Waals surface area contributed by atoms with Crippen molar-refractivity contribution in [3.05, 3.63) is 20.0 Å². The number of hydrogen-bond donors (Lipinski definition) is 1. The third-order valence-corrected chi connectivity index (χ3v) is 22.4. The Kier molecular flexibility index (Phi) is 11.7. The number of hydrogen-bond acceptors (Lipinski definition) is 1. The molecule has 0 aromatic carbocycles. The fourth-order valence-electron chi connectivity index (χ4n) is 2.72. The van der Waals surface area contributed by atoms with Gasteiger partial charge in [-0.15, -0.1) is 24.8 Å². The van der Waals surface area contributed by atoms with Gasteiger partial charge in [-0.3, -0.25) is 0 Å². The van der Waals surface area contributed by atoms with Crippen molar-refractivity contribution in [2.45, 2.75) is 67.1 Å². The summed E-state index contributed by atoms with van der Waals surface area (Å²) in [7, 11) is 0. The fourth-order valence-corrected chi connectivity index (χ4v) is 20.5.